The first-order chi connectivity index (χ1) is 8.71. The fourth-order valence-corrected chi connectivity index (χ4v) is 1.47. The summed E-state index contributed by atoms with van der Waals surface area (Å²) in [5.41, 5.74) is 4.71. The minimum absolute atomic E-state index is 0. The number of amides is 1. The van der Waals surface area contributed by atoms with Gasteiger partial charge in [-0.1, -0.05) is 0 Å². The molecule has 0 aliphatic heterocycles. The Balaban J connectivity index is 0.00000361. The van der Waals surface area contributed by atoms with Crippen LogP contribution >= 0.6 is 12.4 Å². The van der Waals surface area contributed by atoms with Gasteiger partial charge in [0.1, 0.15) is 5.69 Å². The van der Waals surface area contributed by atoms with E-state index >= 15 is 0 Å². The Morgan fingerprint density at radius 1 is 1.45 bits per heavy atom. The van der Waals surface area contributed by atoms with E-state index in [1.807, 2.05) is 0 Å². The lowest BCUT2D eigenvalue weighted by Gasteiger charge is -2.11. The Morgan fingerprint density at radius 3 is 2.50 bits per heavy atom. The number of carbonyl (C=O) groups is 1. The third-order valence-corrected chi connectivity index (χ3v) is 2.51. The molecule has 0 radical (unpaired) electrons. The number of pyridine rings is 1. The highest BCUT2D eigenvalue weighted by Crippen LogP contribution is 2.28. The maximum atomic E-state index is 12.4. The van der Waals surface area contributed by atoms with Crippen LogP contribution in [0.2, 0.25) is 0 Å². The number of nitrogens with one attached hydrogen (secondary N) is 1. The zero-order valence-electron chi connectivity index (χ0n) is 11.1. The molecule has 0 bridgehead atoms. The molecule has 1 heterocycles. The van der Waals surface area contributed by atoms with Crippen LogP contribution in [-0.2, 0) is 6.18 Å². The minimum atomic E-state index is -4.51. The van der Waals surface area contributed by atoms with Gasteiger partial charge in [0.15, 0.2) is 0 Å². The Hall–Kier alpha value is -1.34. The Morgan fingerprint density at radius 2 is 2.05 bits per heavy atom. The lowest BCUT2D eigenvalue weighted by atomic mass is 10.1. The molecule has 0 aromatic carbocycles. The minimum Gasteiger partial charge on any atom is -0.352 e. The van der Waals surface area contributed by atoms with E-state index < -0.39 is 17.8 Å². The summed E-state index contributed by atoms with van der Waals surface area (Å²) in [7, 11) is 0. The molecule has 8 heteroatoms. The second-order valence-electron chi connectivity index (χ2n) is 4.35. The number of rotatable bonds is 4. The molecule has 4 nitrogen and oxygen atoms in total. The summed E-state index contributed by atoms with van der Waals surface area (Å²) >= 11 is 0. The molecule has 0 aliphatic carbocycles. The molecule has 1 aromatic rings. The summed E-state index contributed by atoms with van der Waals surface area (Å²) in [6.45, 7) is 3.55. The Kier molecular flexibility index (Phi) is 6.95. The van der Waals surface area contributed by atoms with E-state index in [4.69, 9.17) is 5.73 Å². The van der Waals surface area contributed by atoms with E-state index in [-0.39, 0.29) is 29.7 Å². The fraction of sp³-hybridized carbons (Fsp3) is 0.500. The van der Waals surface area contributed by atoms with Crippen molar-refractivity contribution in [2.75, 3.05) is 6.54 Å². The van der Waals surface area contributed by atoms with Crippen LogP contribution in [0.25, 0.3) is 0 Å². The highest BCUT2D eigenvalue weighted by atomic mass is 35.5. The zero-order chi connectivity index (χ0) is 14.6. The first-order valence-electron chi connectivity index (χ1n) is 5.80. The average Bonchev–Trinajstić information content (AvgIpc) is 2.26. The SMILES string of the molecule is Cc1nc(C(F)(F)F)ccc1C(=O)NCCC(C)N.Cl. The first-order valence-corrected chi connectivity index (χ1v) is 5.80. The summed E-state index contributed by atoms with van der Waals surface area (Å²) in [6.07, 6.45) is -3.91. The second-order valence-corrected chi connectivity index (χ2v) is 4.35. The van der Waals surface area contributed by atoms with Gasteiger partial charge in [-0.15, -0.1) is 12.4 Å². The van der Waals surface area contributed by atoms with Gasteiger partial charge in [0.2, 0.25) is 0 Å². The molecule has 1 unspecified atom stereocenters. The van der Waals surface area contributed by atoms with E-state index in [0.717, 1.165) is 12.1 Å². The molecule has 0 fully saturated rings. The summed E-state index contributed by atoms with van der Waals surface area (Å²) in [4.78, 5) is 15.1. The van der Waals surface area contributed by atoms with Crippen molar-refractivity contribution in [3.05, 3.63) is 29.1 Å². The number of aromatic nitrogens is 1. The van der Waals surface area contributed by atoms with Gasteiger partial charge in [-0.25, -0.2) is 4.98 Å². The van der Waals surface area contributed by atoms with Crippen molar-refractivity contribution >= 4 is 18.3 Å². The molecule has 0 saturated heterocycles. The molecule has 114 valence electrons. The van der Waals surface area contributed by atoms with E-state index in [1.54, 1.807) is 6.92 Å². The van der Waals surface area contributed by atoms with Crippen LogP contribution < -0.4 is 11.1 Å². The van der Waals surface area contributed by atoms with Gasteiger partial charge < -0.3 is 11.1 Å². The van der Waals surface area contributed by atoms with Crippen LogP contribution in [0.4, 0.5) is 13.2 Å². The normalized spacial score (nSPS) is 12.5. The summed E-state index contributed by atoms with van der Waals surface area (Å²) in [6, 6.07) is 1.88. The molecule has 3 N–H and O–H groups in total. The largest absolute Gasteiger partial charge is 0.433 e. The summed E-state index contributed by atoms with van der Waals surface area (Å²) in [5.74, 6) is -0.445. The average molecular weight is 312 g/mol. The predicted octanol–water partition coefficient (Wildman–Crippen LogP) is 2.30. The zero-order valence-corrected chi connectivity index (χ0v) is 11.9. The van der Waals surface area contributed by atoms with E-state index in [9.17, 15) is 18.0 Å². The highest BCUT2D eigenvalue weighted by Gasteiger charge is 2.32. The number of alkyl halides is 3. The summed E-state index contributed by atoms with van der Waals surface area (Å²) in [5, 5.41) is 2.59. The molecule has 0 spiro atoms. The lowest BCUT2D eigenvalue weighted by molar-refractivity contribution is -0.141. The third-order valence-electron chi connectivity index (χ3n) is 2.51. The van der Waals surface area contributed by atoms with Gasteiger partial charge in [-0.05, 0) is 32.4 Å². The lowest BCUT2D eigenvalue weighted by Crippen LogP contribution is -2.29. The van der Waals surface area contributed by atoms with Crippen LogP contribution in [0.3, 0.4) is 0 Å². The van der Waals surface area contributed by atoms with E-state index in [1.165, 1.54) is 6.92 Å². The van der Waals surface area contributed by atoms with Crippen molar-refractivity contribution in [1.82, 2.24) is 10.3 Å². The maximum absolute atomic E-state index is 12.4. The van der Waals surface area contributed by atoms with Crippen LogP contribution in [0.5, 0.6) is 0 Å². The number of aryl methyl sites for hydroxylation is 1. The summed E-state index contributed by atoms with van der Waals surface area (Å²) < 4.78 is 37.2. The predicted molar refractivity (Wildman–Crippen MR) is 71.8 cm³/mol. The Bertz CT molecular complexity index is 464. The third kappa shape index (κ3) is 5.34. The number of nitrogens with two attached hydrogens (primary N) is 1. The monoisotopic (exact) mass is 311 g/mol. The van der Waals surface area contributed by atoms with Gasteiger partial charge in [0.25, 0.3) is 5.91 Å². The van der Waals surface area contributed by atoms with Crippen molar-refractivity contribution in [2.24, 2.45) is 5.73 Å². The van der Waals surface area contributed by atoms with Gasteiger partial charge in [-0.2, -0.15) is 13.2 Å². The standard InChI is InChI=1S/C12H16F3N3O.ClH/c1-7(16)5-6-17-11(19)9-3-4-10(12(13,14)15)18-8(9)2;/h3-4,7H,5-6,16H2,1-2H3,(H,17,19);1H. The van der Waals surface area contributed by atoms with Crippen molar-refractivity contribution < 1.29 is 18.0 Å². The van der Waals surface area contributed by atoms with Crippen molar-refractivity contribution in [3.8, 4) is 0 Å². The van der Waals surface area contributed by atoms with Crippen LogP contribution in [-0.4, -0.2) is 23.5 Å². The number of halogens is 4. The molecule has 1 amide bonds. The maximum Gasteiger partial charge on any atom is 0.433 e. The van der Waals surface area contributed by atoms with Gasteiger partial charge in [0.05, 0.1) is 11.3 Å². The molecule has 0 saturated carbocycles. The van der Waals surface area contributed by atoms with Gasteiger partial charge >= 0.3 is 6.18 Å². The molecular weight excluding hydrogens is 295 g/mol. The van der Waals surface area contributed by atoms with Crippen molar-refractivity contribution in [3.63, 3.8) is 0 Å². The molecule has 1 rings (SSSR count). The first kappa shape index (κ1) is 18.7. The molecule has 0 aliphatic rings. The van der Waals surface area contributed by atoms with Crippen LogP contribution in [0, 0.1) is 6.92 Å². The molecule has 1 aromatic heterocycles. The molecule has 20 heavy (non-hydrogen) atoms. The highest BCUT2D eigenvalue weighted by molar-refractivity contribution is 5.95. The van der Waals surface area contributed by atoms with Crippen LogP contribution in [0.1, 0.15) is 35.1 Å². The van der Waals surface area contributed by atoms with E-state index in [2.05, 4.69) is 10.3 Å². The number of hydrogen-bond donors (Lipinski definition) is 2. The van der Waals surface area contributed by atoms with Gasteiger partial charge in [-0.3, -0.25) is 4.79 Å². The van der Waals surface area contributed by atoms with Gasteiger partial charge in [0, 0.05) is 12.6 Å². The number of carbonyl (C=O) groups excluding carboxylic acids is 1. The molecule has 1 atom stereocenters. The second kappa shape index (κ2) is 7.44. The van der Waals surface area contributed by atoms with Crippen molar-refractivity contribution in [2.45, 2.75) is 32.5 Å². The van der Waals surface area contributed by atoms with E-state index in [0.29, 0.717) is 13.0 Å². The van der Waals surface area contributed by atoms with Crippen LogP contribution in [0.15, 0.2) is 12.1 Å². The van der Waals surface area contributed by atoms with Crippen molar-refractivity contribution in [1.29, 1.82) is 0 Å². The molecular formula is C12H17ClF3N3O. The Labute approximate surface area is 121 Å². The smallest absolute Gasteiger partial charge is 0.352 e. The number of hydrogen-bond acceptors (Lipinski definition) is 3. The topological polar surface area (TPSA) is 68.0 Å². The fourth-order valence-electron chi connectivity index (χ4n) is 1.47. The quantitative estimate of drug-likeness (QED) is 0.896. The number of nitrogens with zero attached hydrogens (tertiary/aromatic N) is 1.